The average Bonchev–Trinajstić information content (AvgIpc) is 2.71. The van der Waals surface area contributed by atoms with Gasteiger partial charge in [-0.15, -0.1) is 0 Å². The Balaban J connectivity index is 1.63. The van der Waals surface area contributed by atoms with Crippen LogP contribution in [0.2, 0.25) is 0 Å². The zero-order valence-corrected chi connectivity index (χ0v) is 17.7. The molecule has 0 saturated heterocycles. The molecular weight excluding hydrogens is 374 g/mol. The fourth-order valence-electron chi connectivity index (χ4n) is 3.61. The van der Waals surface area contributed by atoms with Gasteiger partial charge in [0, 0.05) is 17.4 Å². The van der Waals surface area contributed by atoms with Gasteiger partial charge in [0.1, 0.15) is 0 Å². The highest BCUT2D eigenvalue weighted by Crippen LogP contribution is 2.20. The van der Waals surface area contributed by atoms with Crippen molar-refractivity contribution in [3.05, 3.63) is 86.5 Å². The maximum Gasteiger partial charge on any atom is 0.256 e. The number of hydrogen-bond acceptors (Lipinski definition) is 5. The van der Waals surface area contributed by atoms with Crippen molar-refractivity contribution in [3.8, 4) is 0 Å². The number of nitrogens with one attached hydrogen (secondary N) is 2. The quantitative estimate of drug-likeness (QED) is 0.515. The van der Waals surface area contributed by atoms with Crippen LogP contribution in [0.15, 0.2) is 47.3 Å². The molecule has 0 radical (unpaired) electrons. The predicted molar refractivity (Wildman–Crippen MR) is 121 cm³/mol. The van der Waals surface area contributed by atoms with Crippen LogP contribution in [0.1, 0.15) is 40.6 Å². The van der Waals surface area contributed by atoms with Gasteiger partial charge in [-0.2, -0.15) is 0 Å². The minimum Gasteiger partial charge on any atom is -0.294 e. The molecule has 0 fully saturated rings. The van der Waals surface area contributed by atoms with Crippen LogP contribution in [-0.4, -0.2) is 19.9 Å². The highest BCUT2D eigenvalue weighted by Gasteiger charge is 2.11. The van der Waals surface area contributed by atoms with Gasteiger partial charge >= 0.3 is 0 Å². The van der Waals surface area contributed by atoms with Gasteiger partial charge in [0.05, 0.1) is 16.9 Å². The van der Waals surface area contributed by atoms with Crippen molar-refractivity contribution in [2.45, 2.75) is 40.5 Å². The molecule has 0 spiro atoms. The molecule has 0 saturated carbocycles. The minimum atomic E-state index is -0.156. The topological polar surface area (TPSA) is 83.6 Å². The summed E-state index contributed by atoms with van der Waals surface area (Å²) in [4.78, 5) is 29.2. The zero-order valence-electron chi connectivity index (χ0n) is 17.7. The second kappa shape index (κ2) is 8.06. The maximum atomic E-state index is 12.7. The fourth-order valence-corrected chi connectivity index (χ4v) is 3.61. The number of aromatic amines is 1. The smallest absolute Gasteiger partial charge is 0.256 e. The van der Waals surface area contributed by atoms with Crippen molar-refractivity contribution in [1.82, 2.24) is 19.9 Å². The summed E-state index contributed by atoms with van der Waals surface area (Å²) in [5.74, 6) is 0.757. The van der Waals surface area contributed by atoms with Gasteiger partial charge < -0.3 is 0 Å². The lowest BCUT2D eigenvalue weighted by molar-refractivity contribution is 0.977. The van der Waals surface area contributed by atoms with E-state index < -0.39 is 0 Å². The van der Waals surface area contributed by atoms with Crippen LogP contribution in [0.3, 0.4) is 0 Å². The van der Waals surface area contributed by atoms with Gasteiger partial charge in [0.25, 0.3) is 5.56 Å². The molecule has 2 aromatic carbocycles. The van der Waals surface area contributed by atoms with E-state index in [0.717, 1.165) is 28.6 Å². The molecule has 6 nitrogen and oxygen atoms in total. The summed E-state index contributed by atoms with van der Waals surface area (Å²) in [6.45, 7) is 7.98. The lowest BCUT2D eigenvalue weighted by Gasteiger charge is -2.10. The van der Waals surface area contributed by atoms with Crippen LogP contribution in [-0.2, 0) is 12.8 Å². The Kier molecular flexibility index (Phi) is 5.31. The van der Waals surface area contributed by atoms with E-state index in [0.29, 0.717) is 29.6 Å². The number of fused-ring (bicyclic) bond motifs is 1. The largest absolute Gasteiger partial charge is 0.294 e. The molecule has 30 heavy (non-hydrogen) atoms. The maximum absolute atomic E-state index is 12.7. The van der Waals surface area contributed by atoms with E-state index in [1.165, 1.54) is 11.1 Å². The normalized spacial score (nSPS) is 11.1. The van der Waals surface area contributed by atoms with Gasteiger partial charge in [-0.3, -0.25) is 15.1 Å². The van der Waals surface area contributed by atoms with Crippen molar-refractivity contribution in [2.75, 3.05) is 5.32 Å². The van der Waals surface area contributed by atoms with Crippen molar-refractivity contribution >= 4 is 22.8 Å². The number of aryl methyl sites for hydroxylation is 4. The molecule has 2 heterocycles. The number of nitrogens with zero attached hydrogens (tertiary/aromatic N) is 3. The monoisotopic (exact) mass is 399 g/mol. The molecule has 2 N–H and O–H groups in total. The minimum absolute atomic E-state index is 0.156. The number of aromatic nitrogens is 4. The number of hydrogen-bond donors (Lipinski definition) is 2. The molecule has 4 rings (SSSR count). The van der Waals surface area contributed by atoms with Crippen molar-refractivity contribution in [1.29, 1.82) is 0 Å². The lowest BCUT2D eigenvalue weighted by atomic mass is 10.0. The Morgan fingerprint density at radius 1 is 0.933 bits per heavy atom. The van der Waals surface area contributed by atoms with Crippen LogP contribution in [0.5, 0.6) is 0 Å². The first-order valence-corrected chi connectivity index (χ1v) is 10.1. The van der Waals surface area contributed by atoms with Gasteiger partial charge in [0.15, 0.2) is 0 Å². The molecule has 0 atom stereocenters. The Morgan fingerprint density at radius 3 is 2.50 bits per heavy atom. The number of anilines is 2. The average molecular weight is 399 g/mol. The molecular formula is C24H25N5O. The second-order valence-corrected chi connectivity index (χ2v) is 7.61. The van der Waals surface area contributed by atoms with Crippen LogP contribution in [0, 0.1) is 20.8 Å². The van der Waals surface area contributed by atoms with Crippen LogP contribution < -0.4 is 10.9 Å². The third-order valence-corrected chi connectivity index (χ3v) is 5.27. The molecule has 0 amide bonds. The van der Waals surface area contributed by atoms with E-state index in [1.807, 2.05) is 45.0 Å². The highest BCUT2D eigenvalue weighted by molar-refractivity contribution is 5.82. The van der Waals surface area contributed by atoms with Crippen LogP contribution in [0.4, 0.5) is 11.9 Å². The SMILES string of the molecule is CCc1ccc2nc(Nc3nc(C)c(Cc4cccc(C)c4)c(=O)[nH]3)nc(C)c2c1. The lowest BCUT2D eigenvalue weighted by Crippen LogP contribution is -2.19. The molecule has 152 valence electrons. The number of H-pyrrole nitrogens is 1. The van der Waals surface area contributed by atoms with Crippen LogP contribution >= 0.6 is 0 Å². The molecule has 0 bridgehead atoms. The van der Waals surface area contributed by atoms with Gasteiger partial charge in [-0.1, -0.05) is 42.8 Å². The highest BCUT2D eigenvalue weighted by atomic mass is 16.1. The number of benzene rings is 2. The Bertz CT molecular complexity index is 1290. The first-order valence-electron chi connectivity index (χ1n) is 10.1. The van der Waals surface area contributed by atoms with E-state index in [4.69, 9.17) is 0 Å². The summed E-state index contributed by atoms with van der Waals surface area (Å²) < 4.78 is 0. The third kappa shape index (κ3) is 4.08. The van der Waals surface area contributed by atoms with E-state index >= 15 is 0 Å². The van der Waals surface area contributed by atoms with Crippen molar-refractivity contribution in [2.24, 2.45) is 0 Å². The fraction of sp³-hybridized carbons (Fsp3) is 0.250. The molecule has 0 aliphatic heterocycles. The number of rotatable bonds is 5. The van der Waals surface area contributed by atoms with Gasteiger partial charge in [-0.25, -0.2) is 15.0 Å². The summed E-state index contributed by atoms with van der Waals surface area (Å²) in [7, 11) is 0. The summed E-state index contributed by atoms with van der Waals surface area (Å²) in [6, 6.07) is 14.3. The zero-order chi connectivity index (χ0) is 21.3. The van der Waals surface area contributed by atoms with Crippen molar-refractivity contribution < 1.29 is 0 Å². The molecule has 0 aliphatic carbocycles. The molecule has 0 unspecified atom stereocenters. The molecule has 2 aromatic heterocycles. The summed E-state index contributed by atoms with van der Waals surface area (Å²) in [6.07, 6.45) is 1.51. The molecule has 0 aliphatic rings. The van der Waals surface area contributed by atoms with Crippen molar-refractivity contribution in [3.63, 3.8) is 0 Å². The Hall–Kier alpha value is -3.54. The standard InChI is InChI=1S/C24H25N5O/c1-5-17-9-10-21-19(12-17)15(3)25-23(27-21)29-24-26-16(4)20(22(30)28-24)13-18-8-6-7-14(2)11-18/h6-12H,5,13H2,1-4H3,(H2,25,26,27,28,29,30). The van der Waals surface area contributed by atoms with E-state index in [-0.39, 0.29) is 5.56 Å². The van der Waals surface area contributed by atoms with E-state index in [1.54, 1.807) is 0 Å². The van der Waals surface area contributed by atoms with Gasteiger partial charge in [0.2, 0.25) is 11.9 Å². The van der Waals surface area contributed by atoms with Crippen LogP contribution in [0.25, 0.3) is 10.9 Å². The third-order valence-electron chi connectivity index (χ3n) is 5.27. The van der Waals surface area contributed by atoms with E-state index in [2.05, 4.69) is 50.4 Å². The van der Waals surface area contributed by atoms with Gasteiger partial charge in [-0.05, 0) is 50.5 Å². The summed E-state index contributed by atoms with van der Waals surface area (Å²) >= 11 is 0. The summed E-state index contributed by atoms with van der Waals surface area (Å²) in [5, 5.41) is 4.09. The predicted octanol–water partition coefficient (Wildman–Crippen LogP) is 4.54. The first-order chi connectivity index (χ1) is 14.4. The summed E-state index contributed by atoms with van der Waals surface area (Å²) in [5.41, 5.74) is 6.44. The second-order valence-electron chi connectivity index (χ2n) is 7.61. The molecule has 6 heteroatoms. The Morgan fingerprint density at radius 2 is 1.77 bits per heavy atom. The first kappa shape index (κ1) is 19.8. The molecule has 4 aromatic rings. The Labute approximate surface area is 175 Å². The van der Waals surface area contributed by atoms with E-state index in [9.17, 15) is 4.79 Å².